The minimum Gasteiger partial charge on any atom is -0.354 e. The second-order valence-electron chi connectivity index (χ2n) is 7.27. The van der Waals surface area contributed by atoms with Gasteiger partial charge in [-0.05, 0) is 45.1 Å². The van der Waals surface area contributed by atoms with Crippen LogP contribution in [0, 0.1) is 11.8 Å². The van der Waals surface area contributed by atoms with Crippen molar-refractivity contribution in [2.24, 2.45) is 11.8 Å². The van der Waals surface area contributed by atoms with Gasteiger partial charge in [0, 0.05) is 38.1 Å². The Hall–Kier alpha value is -0.660. The van der Waals surface area contributed by atoms with Crippen LogP contribution in [-0.4, -0.2) is 68.6 Å². The van der Waals surface area contributed by atoms with Crippen molar-refractivity contribution in [1.29, 1.82) is 0 Å². The number of piperidine rings is 2. The van der Waals surface area contributed by atoms with Crippen molar-refractivity contribution >= 4 is 15.9 Å². The fraction of sp³-hybridized carbons (Fsp3) is 0.938. The zero-order chi connectivity index (χ0) is 17.0. The highest BCUT2D eigenvalue weighted by Gasteiger charge is 2.29. The number of nitrogens with zero attached hydrogens (tertiary/aromatic N) is 2. The highest BCUT2D eigenvalue weighted by molar-refractivity contribution is 7.88. The van der Waals surface area contributed by atoms with Gasteiger partial charge in [-0.15, -0.1) is 0 Å². The van der Waals surface area contributed by atoms with Crippen LogP contribution in [0.25, 0.3) is 0 Å². The standard InChI is InChI=1S/C16H31N3O3S/c1-13-5-4-8-18(12-13)14(2)11-17-16(20)15-6-9-19(10-7-15)23(3,21)22/h13-15H,4-12H2,1-3H3,(H,17,20)/t13-,14+/m0/s1. The summed E-state index contributed by atoms with van der Waals surface area (Å²) < 4.78 is 24.5. The van der Waals surface area contributed by atoms with E-state index in [1.165, 1.54) is 23.4 Å². The van der Waals surface area contributed by atoms with Gasteiger partial charge < -0.3 is 5.32 Å². The molecule has 2 atom stereocenters. The van der Waals surface area contributed by atoms with E-state index >= 15 is 0 Å². The van der Waals surface area contributed by atoms with Crippen molar-refractivity contribution in [3.05, 3.63) is 0 Å². The van der Waals surface area contributed by atoms with E-state index in [0.717, 1.165) is 19.0 Å². The topological polar surface area (TPSA) is 69.7 Å². The minimum atomic E-state index is -3.13. The molecular weight excluding hydrogens is 314 g/mol. The van der Waals surface area contributed by atoms with E-state index in [1.807, 2.05) is 0 Å². The quantitative estimate of drug-likeness (QED) is 0.804. The summed E-state index contributed by atoms with van der Waals surface area (Å²) in [6.07, 6.45) is 5.01. The Morgan fingerprint density at radius 2 is 1.87 bits per heavy atom. The average molecular weight is 346 g/mol. The maximum absolute atomic E-state index is 12.3. The molecule has 23 heavy (non-hydrogen) atoms. The summed E-state index contributed by atoms with van der Waals surface area (Å²) in [5.41, 5.74) is 0. The summed E-state index contributed by atoms with van der Waals surface area (Å²) in [4.78, 5) is 14.8. The monoisotopic (exact) mass is 345 g/mol. The molecule has 1 amide bonds. The number of likely N-dealkylation sites (tertiary alicyclic amines) is 1. The SMILES string of the molecule is C[C@H]1CCCN([C@H](C)CNC(=O)C2CCN(S(C)(=O)=O)CC2)C1. The van der Waals surface area contributed by atoms with E-state index in [4.69, 9.17) is 0 Å². The lowest BCUT2D eigenvalue weighted by Crippen LogP contribution is -2.48. The zero-order valence-corrected chi connectivity index (χ0v) is 15.4. The molecule has 0 saturated carbocycles. The number of amides is 1. The first kappa shape index (κ1) is 18.7. The molecule has 2 aliphatic heterocycles. The number of rotatable bonds is 5. The molecule has 6 nitrogen and oxygen atoms in total. The van der Waals surface area contributed by atoms with E-state index in [0.29, 0.717) is 38.5 Å². The van der Waals surface area contributed by atoms with Gasteiger partial charge in [-0.1, -0.05) is 6.92 Å². The molecular formula is C16H31N3O3S. The maximum atomic E-state index is 12.3. The number of hydrogen-bond donors (Lipinski definition) is 1. The highest BCUT2D eigenvalue weighted by Crippen LogP contribution is 2.20. The van der Waals surface area contributed by atoms with Crippen molar-refractivity contribution in [2.75, 3.05) is 39.0 Å². The Kier molecular flexibility index (Phi) is 6.45. The Morgan fingerprint density at radius 1 is 1.22 bits per heavy atom. The summed E-state index contributed by atoms with van der Waals surface area (Å²) >= 11 is 0. The van der Waals surface area contributed by atoms with Crippen molar-refractivity contribution in [2.45, 2.75) is 45.6 Å². The molecule has 2 heterocycles. The zero-order valence-electron chi connectivity index (χ0n) is 14.6. The maximum Gasteiger partial charge on any atom is 0.223 e. The minimum absolute atomic E-state index is 0.0551. The molecule has 0 bridgehead atoms. The predicted octanol–water partition coefficient (Wildman–Crippen LogP) is 0.895. The van der Waals surface area contributed by atoms with Gasteiger partial charge in [0.25, 0.3) is 0 Å². The fourth-order valence-corrected chi connectivity index (χ4v) is 4.47. The smallest absolute Gasteiger partial charge is 0.223 e. The fourth-order valence-electron chi connectivity index (χ4n) is 3.60. The molecule has 2 aliphatic rings. The number of hydrogen-bond acceptors (Lipinski definition) is 4. The predicted molar refractivity (Wildman–Crippen MR) is 91.6 cm³/mol. The molecule has 2 saturated heterocycles. The summed E-state index contributed by atoms with van der Waals surface area (Å²) in [6.45, 7) is 8.28. The van der Waals surface area contributed by atoms with Crippen molar-refractivity contribution < 1.29 is 13.2 Å². The second-order valence-corrected chi connectivity index (χ2v) is 9.26. The summed E-state index contributed by atoms with van der Waals surface area (Å²) in [5.74, 6) is 0.762. The largest absolute Gasteiger partial charge is 0.354 e. The molecule has 0 radical (unpaired) electrons. The Bertz CT molecular complexity index is 501. The Labute approximate surface area is 140 Å². The Balaban J connectivity index is 1.73. The molecule has 0 spiro atoms. The average Bonchev–Trinajstić information content (AvgIpc) is 2.51. The lowest BCUT2D eigenvalue weighted by atomic mass is 9.97. The first-order valence-corrected chi connectivity index (χ1v) is 10.6. The second kappa shape index (κ2) is 7.94. The number of carbonyl (C=O) groups is 1. The number of carbonyl (C=O) groups excluding carboxylic acids is 1. The molecule has 134 valence electrons. The van der Waals surface area contributed by atoms with Gasteiger partial charge in [0.1, 0.15) is 0 Å². The molecule has 0 aliphatic carbocycles. The van der Waals surface area contributed by atoms with Crippen molar-refractivity contribution in [3.8, 4) is 0 Å². The normalized spacial score (nSPS) is 26.8. The van der Waals surface area contributed by atoms with Crippen molar-refractivity contribution in [3.63, 3.8) is 0 Å². The first-order valence-electron chi connectivity index (χ1n) is 8.74. The van der Waals surface area contributed by atoms with Gasteiger partial charge in [0.05, 0.1) is 6.26 Å². The number of nitrogens with one attached hydrogen (secondary N) is 1. The van der Waals surface area contributed by atoms with Gasteiger partial charge in [-0.25, -0.2) is 12.7 Å². The molecule has 2 rings (SSSR count). The van der Waals surface area contributed by atoms with Gasteiger partial charge >= 0.3 is 0 Å². The van der Waals surface area contributed by atoms with Crippen LogP contribution in [0.2, 0.25) is 0 Å². The van der Waals surface area contributed by atoms with Gasteiger partial charge in [-0.3, -0.25) is 9.69 Å². The molecule has 0 aromatic rings. The van der Waals surface area contributed by atoms with Crippen molar-refractivity contribution in [1.82, 2.24) is 14.5 Å². The Morgan fingerprint density at radius 3 is 2.43 bits per heavy atom. The summed E-state index contributed by atoms with van der Waals surface area (Å²) in [5, 5.41) is 3.07. The van der Waals surface area contributed by atoms with Gasteiger partial charge in [-0.2, -0.15) is 0 Å². The molecule has 0 aromatic carbocycles. The third kappa shape index (κ3) is 5.43. The lowest BCUT2D eigenvalue weighted by molar-refractivity contribution is -0.126. The van der Waals surface area contributed by atoms with Crippen LogP contribution in [0.1, 0.15) is 39.5 Å². The van der Waals surface area contributed by atoms with Gasteiger partial charge in [0.2, 0.25) is 15.9 Å². The van der Waals surface area contributed by atoms with Crippen LogP contribution >= 0.6 is 0 Å². The van der Waals surface area contributed by atoms with Crippen LogP contribution in [0.3, 0.4) is 0 Å². The van der Waals surface area contributed by atoms with Crippen LogP contribution < -0.4 is 5.32 Å². The first-order chi connectivity index (χ1) is 10.8. The van der Waals surface area contributed by atoms with Crippen LogP contribution in [0.15, 0.2) is 0 Å². The van der Waals surface area contributed by atoms with Crippen LogP contribution in [0.4, 0.5) is 0 Å². The third-order valence-electron chi connectivity index (χ3n) is 5.18. The number of sulfonamides is 1. The van der Waals surface area contributed by atoms with E-state index in [9.17, 15) is 13.2 Å². The molecule has 0 aromatic heterocycles. The van der Waals surface area contributed by atoms with Crippen LogP contribution in [-0.2, 0) is 14.8 Å². The molecule has 1 N–H and O–H groups in total. The lowest BCUT2D eigenvalue weighted by Gasteiger charge is -2.36. The molecule has 2 fully saturated rings. The van der Waals surface area contributed by atoms with Crippen LogP contribution in [0.5, 0.6) is 0 Å². The van der Waals surface area contributed by atoms with Gasteiger partial charge in [0.15, 0.2) is 0 Å². The molecule has 0 unspecified atom stereocenters. The van der Waals surface area contributed by atoms with E-state index < -0.39 is 10.0 Å². The summed E-state index contributed by atoms with van der Waals surface area (Å²) in [7, 11) is -3.13. The van der Waals surface area contributed by atoms with E-state index in [1.54, 1.807) is 0 Å². The van der Waals surface area contributed by atoms with E-state index in [-0.39, 0.29) is 11.8 Å². The third-order valence-corrected chi connectivity index (χ3v) is 6.48. The van der Waals surface area contributed by atoms with E-state index in [2.05, 4.69) is 24.1 Å². The summed E-state index contributed by atoms with van der Waals surface area (Å²) in [6, 6.07) is 0.359. The highest BCUT2D eigenvalue weighted by atomic mass is 32.2. The molecule has 7 heteroatoms.